The molecule has 0 heterocycles. The topological polar surface area (TPSA) is 113 Å². The summed E-state index contributed by atoms with van der Waals surface area (Å²) in [5.74, 6) is -0.578. The number of nitrogens with one attached hydrogen (secondary N) is 2. The smallest absolute Gasteiger partial charge is 0.261 e. The van der Waals surface area contributed by atoms with Gasteiger partial charge in [-0.15, -0.1) is 0 Å². The van der Waals surface area contributed by atoms with E-state index in [2.05, 4.69) is 10.0 Å². The third kappa shape index (κ3) is 5.72. The number of anilines is 2. The van der Waals surface area contributed by atoms with Gasteiger partial charge in [0, 0.05) is 30.4 Å². The second-order valence-electron chi connectivity index (χ2n) is 7.36. The monoisotopic (exact) mass is 507 g/mol. The summed E-state index contributed by atoms with van der Waals surface area (Å²) in [6, 6.07) is 16.2. The number of aryl methyl sites for hydroxylation is 1. The van der Waals surface area contributed by atoms with Crippen LogP contribution in [0.15, 0.2) is 76.5 Å². The van der Waals surface area contributed by atoms with E-state index in [9.17, 15) is 21.6 Å². The summed E-state index contributed by atoms with van der Waals surface area (Å²) < 4.78 is 53.8. The molecule has 3 aromatic carbocycles. The number of hydrogen-bond donors (Lipinski definition) is 2. The number of hydrogen-bond acceptors (Lipinski definition) is 5. The lowest BCUT2D eigenvalue weighted by Gasteiger charge is -2.14. The molecule has 3 rings (SSSR count). The van der Waals surface area contributed by atoms with Gasteiger partial charge in [0.15, 0.2) is 0 Å². The van der Waals surface area contributed by atoms with Crippen molar-refractivity contribution in [1.29, 1.82) is 0 Å². The van der Waals surface area contributed by atoms with Crippen LogP contribution in [0.3, 0.4) is 0 Å². The molecule has 0 aliphatic carbocycles. The fourth-order valence-electron chi connectivity index (χ4n) is 2.87. The number of benzene rings is 3. The first-order chi connectivity index (χ1) is 15.4. The number of rotatable bonds is 7. The van der Waals surface area contributed by atoms with Gasteiger partial charge in [-0.1, -0.05) is 29.8 Å². The van der Waals surface area contributed by atoms with Gasteiger partial charge in [-0.05, 0) is 61.0 Å². The van der Waals surface area contributed by atoms with Crippen LogP contribution in [0, 0.1) is 6.92 Å². The molecular weight excluding hydrogens is 486 g/mol. The Labute approximate surface area is 198 Å². The molecule has 0 radical (unpaired) electrons. The summed E-state index contributed by atoms with van der Waals surface area (Å²) in [7, 11) is -4.87. The third-order valence-electron chi connectivity index (χ3n) is 4.72. The van der Waals surface area contributed by atoms with E-state index in [0.717, 1.165) is 4.31 Å². The highest BCUT2D eigenvalue weighted by molar-refractivity contribution is 7.92. The van der Waals surface area contributed by atoms with E-state index in [1.165, 1.54) is 56.6 Å². The van der Waals surface area contributed by atoms with Crippen LogP contribution in [0.4, 0.5) is 11.4 Å². The summed E-state index contributed by atoms with van der Waals surface area (Å²) in [4.78, 5) is 12.7. The van der Waals surface area contributed by atoms with Gasteiger partial charge in [0.1, 0.15) is 0 Å². The maximum Gasteiger partial charge on any atom is 0.261 e. The Hall–Kier alpha value is -2.92. The zero-order chi connectivity index (χ0) is 24.4. The molecule has 11 heteroatoms. The molecule has 0 saturated carbocycles. The second-order valence-corrected chi connectivity index (χ2v) is 11.6. The molecule has 0 fully saturated rings. The van der Waals surface area contributed by atoms with Gasteiger partial charge in [-0.3, -0.25) is 9.52 Å². The van der Waals surface area contributed by atoms with Crippen LogP contribution < -0.4 is 10.0 Å². The molecule has 2 N–H and O–H groups in total. The molecule has 0 aromatic heterocycles. The largest absolute Gasteiger partial charge is 0.322 e. The van der Waals surface area contributed by atoms with E-state index in [4.69, 9.17) is 11.6 Å². The minimum Gasteiger partial charge on any atom is -0.322 e. The Morgan fingerprint density at radius 1 is 0.879 bits per heavy atom. The average Bonchev–Trinajstić information content (AvgIpc) is 2.74. The molecule has 0 aliphatic rings. The zero-order valence-electron chi connectivity index (χ0n) is 18.0. The molecule has 8 nitrogen and oxygen atoms in total. The van der Waals surface area contributed by atoms with E-state index >= 15 is 0 Å². The summed E-state index contributed by atoms with van der Waals surface area (Å²) in [5, 5.41) is 3.04. The molecule has 0 unspecified atom stereocenters. The molecule has 0 atom stereocenters. The molecule has 0 spiro atoms. The number of halogens is 1. The minimum absolute atomic E-state index is 0.0288. The van der Waals surface area contributed by atoms with Crippen molar-refractivity contribution < 1.29 is 21.6 Å². The molecule has 3 aromatic rings. The molecule has 0 saturated heterocycles. The van der Waals surface area contributed by atoms with Crippen LogP contribution in [-0.4, -0.2) is 41.1 Å². The molecule has 0 bridgehead atoms. The van der Waals surface area contributed by atoms with Crippen molar-refractivity contribution in [3.63, 3.8) is 0 Å². The quantitative estimate of drug-likeness (QED) is 0.502. The van der Waals surface area contributed by atoms with Crippen molar-refractivity contribution in [1.82, 2.24) is 4.31 Å². The van der Waals surface area contributed by atoms with Gasteiger partial charge in [0.2, 0.25) is 10.0 Å². The molecular formula is C22H22ClN3O5S2. The number of carbonyl (C=O) groups excluding carboxylic acids is 1. The first-order valence-corrected chi connectivity index (χ1v) is 12.9. The van der Waals surface area contributed by atoms with E-state index in [1.807, 2.05) is 0 Å². The van der Waals surface area contributed by atoms with Gasteiger partial charge < -0.3 is 5.32 Å². The lowest BCUT2D eigenvalue weighted by atomic mass is 10.1. The number of carbonyl (C=O) groups is 1. The minimum atomic E-state index is -3.95. The lowest BCUT2D eigenvalue weighted by molar-refractivity contribution is 0.102. The molecule has 174 valence electrons. The summed E-state index contributed by atoms with van der Waals surface area (Å²) in [6.07, 6.45) is 0. The van der Waals surface area contributed by atoms with E-state index in [0.29, 0.717) is 16.3 Å². The molecule has 1 amide bonds. The molecule has 33 heavy (non-hydrogen) atoms. The van der Waals surface area contributed by atoms with Crippen LogP contribution in [-0.2, 0) is 20.0 Å². The Balaban J connectivity index is 1.88. The summed E-state index contributed by atoms with van der Waals surface area (Å²) >= 11 is 5.92. The normalized spacial score (nSPS) is 11.9. The number of sulfonamides is 2. The van der Waals surface area contributed by atoms with Gasteiger partial charge in [-0.25, -0.2) is 21.1 Å². The highest BCUT2D eigenvalue weighted by atomic mass is 35.5. The summed E-state index contributed by atoms with van der Waals surface area (Å²) in [5.41, 5.74) is 1.31. The number of amides is 1. The maximum absolute atomic E-state index is 12.8. The molecule has 0 aliphatic heterocycles. The van der Waals surface area contributed by atoms with Crippen LogP contribution in [0.2, 0.25) is 5.02 Å². The first-order valence-electron chi connectivity index (χ1n) is 9.63. The van der Waals surface area contributed by atoms with Gasteiger partial charge in [0.25, 0.3) is 15.9 Å². The second kappa shape index (κ2) is 9.52. The Morgan fingerprint density at radius 2 is 1.58 bits per heavy atom. The van der Waals surface area contributed by atoms with Crippen molar-refractivity contribution in [2.24, 2.45) is 0 Å². The fourth-order valence-corrected chi connectivity index (χ4v) is 5.09. The summed E-state index contributed by atoms with van der Waals surface area (Å²) in [6.45, 7) is 1.71. The fraction of sp³-hybridized carbons (Fsp3) is 0.136. The van der Waals surface area contributed by atoms with Crippen molar-refractivity contribution in [3.8, 4) is 0 Å². The van der Waals surface area contributed by atoms with E-state index in [-0.39, 0.29) is 21.0 Å². The highest BCUT2D eigenvalue weighted by Crippen LogP contribution is 2.24. The Bertz CT molecular complexity index is 1420. The van der Waals surface area contributed by atoms with Crippen molar-refractivity contribution in [3.05, 3.63) is 82.9 Å². The zero-order valence-corrected chi connectivity index (χ0v) is 20.4. The van der Waals surface area contributed by atoms with Crippen molar-refractivity contribution in [2.75, 3.05) is 24.1 Å². The van der Waals surface area contributed by atoms with E-state index in [1.54, 1.807) is 31.2 Å². The lowest BCUT2D eigenvalue weighted by Crippen LogP contribution is -2.23. The average molecular weight is 508 g/mol. The predicted molar refractivity (Wildman–Crippen MR) is 129 cm³/mol. The highest BCUT2D eigenvalue weighted by Gasteiger charge is 2.20. The SMILES string of the molecule is Cc1ccc(S(=O)(=O)Nc2cccc(Cl)c2)cc1NC(=O)c1cccc(S(=O)(=O)N(C)C)c1. The van der Waals surface area contributed by atoms with Gasteiger partial charge in [-0.2, -0.15) is 0 Å². The first kappa shape index (κ1) is 24.7. The van der Waals surface area contributed by atoms with Gasteiger partial charge in [0.05, 0.1) is 15.5 Å². The standard InChI is InChI=1S/C22H22ClN3O5S2/c1-15-10-11-19(32(28,29)25-18-8-5-7-17(23)13-18)14-21(15)24-22(27)16-6-4-9-20(12-16)33(30,31)26(2)3/h4-14,25H,1-3H3,(H,24,27). The third-order valence-corrected chi connectivity index (χ3v) is 8.14. The van der Waals surface area contributed by atoms with Crippen LogP contribution in [0.5, 0.6) is 0 Å². The predicted octanol–water partition coefficient (Wildman–Crippen LogP) is 3.95. The number of nitrogens with zero attached hydrogens (tertiary/aromatic N) is 1. The van der Waals surface area contributed by atoms with Crippen LogP contribution in [0.25, 0.3) is 0 Å². The Kier molecular flexibility index (Phi) is 7.13. The van der Waals surface area contributed by atoms with Crippen LogP contribution in [0.1, 0.15) is 15.9 Å². The van der Waals surface area contributed by atoms with Crippen LogP contribution >= 0.6 is 11.6 Å². The van der Waals surface area contributed by atoms with Gasteiger partial charge >= 0.3 is 0 Å². The van der Waals surface area contributed by atoms with Crippen molar-refractivity contribution in [2.45, 2.75) is 16.7 Å². The van der Waals surface area contributed by atoms with Crippen molar-refractivity contribution >= 4 is 48.9 Å². The maximum atomic E-state index is 12.8. The van der Waals surface area contributed by atoms with E-state index < -0.39 is 26.0 Å². The Morgan fingerprint density at radius 3 is 2.24 bits per heavy atom.